The highest BCUT2D eigenvalue weighted by Gasteiger charge is 2.25. The highest BCUT2D eigenvalue weighted by molar-refractivity contribution is 7.23. The summed E-state index contributed by atoms with van der Waals surface area (Å²) in [5.41, 5.74) is 0.657. The number of likely N-dealkylation sites (N-methyl/N-ethyl adjacent to an activating group) is 1. The quantitative estimate of drug-likeness (QED) is 0.713. The van der Waals surface area contributed by atoms with Gasteiger partial charge in [-0.3, -0.25) is 9.69 Å². The first kappa shape index (κ1) is 17.7. The van der Waals surface area contributed by atoms with Gasteiger partial charge in [-0.1, -0.05) is 22.9 Å². The minimum atomic E-state index is -0.222. The molecular formula is C17H19ClN3O3S+. The number of quaternary nitrogens is 1. The van der Waals surface area contributed by atoms with Gasteiger partial charge in [0, 0.05) is 0 Å². The smallest absolute Gasteiger partial charge is 0.295 e. The Labute approximate surface area is 154 Å². The Morgan fingerprint density at radius 2 is 2.20 bits per heavy atom. The number of carbonyl (C=O) groups is 1. The summed E-state index contributed by atoms with van der Waals surface area (Å²) in [6, 6.07) is 6.89. The van der Waals surface area contributed by atoms with Crippen molar-refractivity contribution < 1.29 is 18.8 Å². The molecule has 0 fully saturated rings. The number of amides is 1. The number of hydrogen-bond donors (Lipinski definition) is 1. The van der Waals surface area contributed by atoms with Crippen molar-refractivity contribution in [3.8, 4) is 5.75 Å². The Bertz CT molecular complexity index is 877. The van der Waals surface area contributed by atoms with Crippen LogP contribution in [-0.2, 0) is 0 Å². The van der Waals surface area contributed by atoms with Crippen LogP contribution in [0.1, 0.15) is 10.6 Å². The standard InChI is InChI=1S/C17H18ClN3O3S/c1-20(2)8-9-21(16(22)13-5-4-10-24-13)17-19-14-12(23-3)7-6-11(18)15(14)25-17/h4-7,10H,8-9H2,1-3H3/p+1. The van der Waals surface area contributed by atoms with Gasteiger partial charge in [0.1, 0.15) is 11.3 Å². The number of thiazole rings is 1. The Hall–Kier alpha value is -2.09. The number of rotatable bonds is 6. The zero-order chi connectivity index (χ0) is 18.0. The Morgan fingerprint density at radius 3 is 2.84 bits per heavy atom. The number of carbonyl (C=O) groups excluding carboxylic acids is 1. The molecule has 0 unspecified atom stereocenters. The third-order valence-electron chi connectivity index (χ3n) is 3.71. The van der Waals surface area contributed by atoms with E-state index in [0.717, 1.165) is 11.2 Å². The van der Waals surface area contributed by atoms with E-state index in [-0.39, 0.29) is 11.7 Å². The Kier molecular flexibility index (Phi) is 5.27. The zero-order valence-corrected chi connectivity index (χ0v) is 15.8. The summed E-state index contributed by atoms with van der Waals surface area (Å²) in [4.78, 5) is 20.3. The summed E-state index contributed by atoms with van der Waals surface area (Å²) in [6.07, 6.45) is 1.49. The molecule has 3 aromatic rings. The summed E-state index contributed by atoms with van der Waals surface area (Å²) in [5.74, 6) is 0.692. The number of fused-ring (bicyclic) bond motifs is 1. The molecule has 3 rings (SSSR count). The molecule has 8 heteroatoms. The van der Waals surface area contributed by atoms with Crippen LogP contribution in [0.15, 0.2) is 34.9 Å². The lowest BCUT2D eigenvalue weighted by molar-refractivity contribution is -0.856. The molecule has 1 N–H and O–H groups in total. The van der Waals surface area contributed by atoms with Gasteiger partial charge in [0.25, 0.3) is 5.91 Å². The molecule has 0 saturated carbocycles. The van der Waals surface area contributed by atoms with Crippen molar-refractivity contribution in [2.24, 2.45) is 0 Å². The summed E-state index contributed by atoms with van der Waals surface area (Å²) in [7, 11) is 5.66. The van der Waals surface area contributed by atoms with Crippen LogP contribution in [0.2, 0.25) is 5.02 Å². The van der Waals surface area contributed by atoms with Gasteiger partial charge in [-0.2, -0.15) is 0 Å². The average molecular weight is 381 g/mol. The third kappa shape index (κ3) is 3.63. The first-order valence-electron chi connectivity index (χ1n) is 7.78. The van der Waals surface area contributed by atoms with E-state index in [1.165, 1.54) is 22.5 Å². The third-order valence-corrected chi connectivity index (χ3v) is 5.25. The lowest BCUT2D eigenvalue weighted by atomic mass is 10.3. The normalized spacial score (nSPS) is 11.2. The van der Waals surface area contributed by atoms with E-state index < -0.39 is 0 Å². The van der Waals surface area contributed by atoms with Crippen molar-refractivity contribution in [3.05, 3.63) is 41.3 Å². The highest BCUT2D eigenvalue weighted by Crippen LogP contribution is 2.38. The summed E-state index contributed by atoms with van der Waals surface area (Å²) < 4.78 is 11.4. The van der Waals surface area contributed by atoms with Crippen LogP contribution in [0.25, 0.3) is 10.2 Å². The number of ether oxygens (including phenoxy) is 1. The molecule has 25 heavy (non-hydrogen) atoms. The van der Waals surface area contributed by atoms with Crippen LogP contribution in [-0.4, -0.2) is 45.2 Å². The molecule has 0 saturated heterocycles. The van der Waals surface area contributed by atoms with Crippen LogP contribution in [0.3, 0.4) is 0 Å². The molecule has 0 bridgehead atoms. The molecule has 0 aliphatic rings. The number of aromatic nitrogens is 1. The highest BCUT2D eigenvalue weighted by atomic mass is 35.5. The molecule has 0 atom stereocenters. The number of nitrogens with one attached hydrogen (secondary N) is 1. The SMILES string of the molecule is COc1ccc(Cl)c2sc(N(CC[NH+](C)C)C(=O)c3ccco3)nc12. The van der Waals surface area contributed by atoms with Gasteiger partial charge in [-0.25, -0.2) is 4.98 Å². The second kappa shape index (κ2) is 7.43. The van der Waals surface area contributed by atoms with Gasteiger partial charge in [0.05, 0.1) is 50.3 Å². The van der Waals surface area contributed by atoms with Crippen molar-refractivity contribution in [2.45, 2.75) is 0 Å². The zero-order valence-electron chi connectivity index (χ0n) is 14.2. The number of benzene rings is 1. The Balaban J connectivity index is 2.04. The van der Waals surface area contributed by atoms with Crippen molar-refractivity contribution in [3.63, 3.8) is 0 Å². The predicted molar refractivity (Wildman–Crippen MR) is 99.2 cm³/mol. The molecular weight excluding hydrogens is 362 g/mol. The van der Waals surface area contributed by atoms with Crippen molar-refractivity contribution in [1.29, 1.82) is 0 Å². The van der Waals surface area contributed by atoms with Gasteiger partial charge < -0.3 is 14.1 Å². The van der Waals surface area contributed by atoms with Gasteiger partial charge >= 0.3 is 0 Å². The second-order valence-electron chi connectivity index (χ2n) is 5.82. The van der Waals surface area contributed by atoms with Crippen molar-refractivity contribution in [2.75, 3.05) is 39.2 Å². The molecule has 6 nitrogen and oxygen atoms in total. The first-order valence-corrected chi connectivity index (χ1v) is 8.98. The summed E-state index contributed by atoms with van der Waals surface area (Å²) in [6.45, 7) is 1.29. The van der Waals surface area contributed by atoms with Crippen LogP contribution in [0.5, 0.6) is 5.75 Å². The number of hydrogen-bond acceptors (Lipinski definition) is 5. The molecule has 2 heterocycles. The van der Waals surface area contributed by atoms with Crippen molar-refractivity contribution in [1.82, 2.24) is 4.98 Å². The average Bonchev–Trinajstić information content (AvgIpc) is 3.25. The van der Waals surface area contributed by atoms with E-state index in [9.17, 15) is 4.79 Å². The minimum Gasteiger partial charge on any atom is -0.494 e. The molecule has 0 spiro atoms. The van der Waals surface area contributed by atoms with Crippen LogP contribution >= 0.6 is 22.9 Å². The van der Waals surface area contributed by atoms with E-state index in [4.69, 9.17) is 20.8 Å². The largest absolute Gasteiger partial charge is 0.494 e. The number of furan rings is 1. The van der Waals surface area contributed by atoms with E-state index in [1.807, 2.05) is 14.1 Å². The maximum Gasteiger partial charge on any atom is 0.295 e. The van der Waals surface area contributed by atoms with E-state index in [0.29, 0.717) is 28.0 Å². The fourth-order valence-electron chi connectivity index (χ4n) is 2.37. The monoisotopic (exact) mass is 380 g/mol. The fraction of sp³-hybridized carbons (Fsp3) is 0.294. The summed E-state index contributed by atoms with van der Waals surface area (Å²) >= 11 is 7.67. The number of anilines is 1. The second-order valence-corrected chi connectivity index (χ2v) is 7.20. The molecule has 1 aromatic carbocycles. The van der Waals surface area contributed by atoms with Crippen LogP contribution in [0.4, 0.5) is 5.13 Å². The topological polar surface area (TPSA) is 60.0 Å². The number of methoxy groups -OCH3 is 1. The number of nitrogens with zero attached hydrogens (tertiary/aromatic N) is 2. The first-order chi connectivity index (χ1) is 12.0. The van der Waals surface area contributed by atoms with Gasteiger partial charge in [0.2, 0.25) is 0 Å². The van der Waals surface area contributed by atoms with Gasteiger partial charge in [0.15, 0.2) is 10.9 Å². The molecule has 2 aromatic heterocycles. The van der Waals surface area contributed by atoms with Crippen LogP contribution < -0.4 is 14.5 Å². The maximum absolute atomic E-state index is 12.9. The van der Waals surface area contributed by atoms with Crippen molar-refractivity contribution >= 4 is 44.2 Å². The van der Waals surface area contributed by atoms with Gasteiger partial charge in [-0.05, 0) is 24.3 Å². The van der Waals surface area contributed by atoms with E-state index in [1.54, 1.807) is 36.3 Å². The fourth-order valence-corrected chi connectivity index (χ4v) is 3.65. The van der Waals surface area contributed by atoms with E-state index >= 15 is 0 Å². The minimum absolute atomic E-state index is 0.222. The lowest BCUT2D eigenvalue weighted by Gasteiger charge is -2.19. The molecule has 1 amide bonds. The predicted octanol–water partition coefficient (Wildman–Crippen LogP) is 2.34. The maximum atomic E-state index is 12.9. The Morgan fingerprint density at radius 1 is 1.40 bits per heavy atom. The van der Waals surface area contributed by atoms with E-state index in [2.05, 4.69) is 4.98 Å². The molecule has 0 radical (unpaired) electrons. The van der Waals surface area contributed by atoms with Gasteiger partial charge in [-0.15, -0.1) is 0 Å². The molecule has 0 aliphatic carbocycles. The molecule has 0 aliphatic heterocycles. The number of halogens is 1. The lowest BCUT2D eigenvalue weighted by Crippen LogP contribution is -3.06. The van der Waals surface area contributed by atoms with Crippen LogP contribution in [0, 0.1) is 0 Å². The molecule has 132 valence electrons. The summed E-state index contributed by atoms with van der Waals surface area (Å²) in [5, 5.41) is 1.16.